The molecule has 1 aromatic carbocycles. The number of nitrogens with zero attached hydrogens (tertiary/aromatic N) is 2. The quantitative estimate of drug-likeness (QED) is 0.806. The van der Waals surface area contributed by atoms with E-state index in [2.05, 4.69) is 4.98 Å². The Labute approximate surface area is 124 Å². The van der Waals surface area contributed by atoms with E-state index in [1.165, 1.54) is 28.3 Å². The Balaban J connectivity index is 2.02. The molecule has 0 aliphatic heterocycles. The van der Waals surface area contributed by atoms with Gasteiger partial charge in [0.25, 0.3) is 5.56 Å². The fourth-order valence-corrected chi connectivity index (χ4v) is 3.03. The van der Waals surface area contributed by atoms with Crippen LogP contribution in [0.2, 0.25) is 0 Å². The molecule has 6 heteroatoms. The van der Waals surface area contributed by atoms with E-state index < -0.39 is 5.97 Å². The third-order valence-electron chi connectivity index (χ3n) is 3.17. The van der Waals surface area contributed by atoms with Gasteiger partial charge in [-0.15, -0.1) is 11.3 Å². The number of rotatable bonds is 3. The van der Waals surface area contributed by atoms with E-state index in [1.807, 2.05) is 13.0 Å². The van der Waals surface area contributed by atoms with E-state index in [-0.39, 0.29) is 11.1 Å². The Kier molecular flexibility index (Phi) is 3.31. The van der Waals surface area contributed by atoms with E-state index in [1.54, 1.807) is 18.2 Å². The lowest BCUT2D eigenvalue weighted by Gasteiger charge is -2.06. The lowest BCUT2D eigenvalue weighted by molar-refractivity contribution is 0.0696. The van der Waals surface area contributed by atoms with Crippen LogP contribution in [0.5, 0.6) is 0 Å². The normalized spacial score (nSPS) is 10.9. The number of thiophene rings is 1. The summed E-state index contributed by atoms with van der Waals surface area (Å²) < 4.78 is 1.50. The fraction of sp³-hybridized carbons (Fsp3) is 0.133. The fourth-order valence-electron chi connectivity index (χ4n) is 2.19. The molecule has 3 rings (SSSR count). The van der Waals surface area contributed by atoms with Crippen molar-refractivity contribution in [3.8, 4) is 0 Å². The molecule has 1 N–H and O–H groups in total. The Bertz CT molecular complexity index is 895. The van der Waals surface area contributed by atoms with Gasteiger partial charge in [0.2, 0.25) is 0 Å². The lowest BCUT2D eigenvalue weighted by Crippen LogP contribution is -2.20. The summed E-state index contributed by atoms with van der Waals surface area (Å²) >= 11 is 1.49. The highest BCUT2D eigenvalue weighted by molar-refractivity contribution is 7.18. The van der Waals surface area contributed by atoms with Crippen molar-refractivity contribution in [3.05, 3.63) is 63.0 Å². The summed E-state index contributed by atoms with van der Waals surface area (Å²) in [4.78, 5) is 29.4. The highest BCUT2D eigenvalue weighted by atomic mass is 32.1. The predicted molar refractivity (Wildman–Crippen MR) is 81.1 cm³/mol. The average Bonchev–Trinajstić information content (AvgIpc) is 2.84. The molecule has 21 heavy (non-hydrogen) atoms. The number of benzene rings is 1. The molecule has 5 nitrogen and oxygen atoms in total. The highest BCUT2D eigenvalue weighted by Crippen LogP contribution is 2.19. The second-order valence-electron chi connectivity index (χ2n) is 4.76. The zero-order chi connectivity index (χ0) is 15.0. The van der Waals surface area contributed by atoms with Crippen molar-refractivity contribution in [2.45, 2.75) is 13.5 Å². The first kappa shape index (κ1) is 13.5. The van der Waals surface area contributed by atoms with Crippen molar-refractivity contribution < 1.29 is 9.90 Å². The molecular formula is C15H12N2O3S. The Morgan fingerprint density at radius 1 is 1.38 bits per heavy atom. The number of fused-ring (bicyclic) bond motifs is 1. The van der Waals surface area contributed by atoms with Crippen molar-refractivity contribution in [2.24, 2.45) is 0 Å². The van der Waals surface area contributed by atoms with Gasteiger partial charge < -0.3 is 5.11 Å². The molecule has 0 aliphatic carbocycles. The number of aryl methyl sites for hydroxylation is 1. The minimum atomic E-state index is -0.980. The Morgan fingerprint density at radius 2 is 2.19 bits per heavy atom. The Hall–Kier alpha value is -2.47. The van der Waals surface area contributed by atoms with Crippen LogP contribution in [0.1, 0.15) is 20.8 Å². The number of carboxylic acids is 1. The zero-order valence-electron chi connectivity index (χ0n) is 11.2. The molecule has 2 heterocycles. The molecule has 0 saturated carbocycles. The van der Waals surface area contributed by atoms with Gasteiger partial charge >= 0.3 is 5.97 Å². The number of carbonyl (C=O) groups is 1. The van der Waals surface area contributed by atoms with Crippen LogP contribution in [-0.2, 0) is 6.54 Å². The summed E-state index contributed by atoms with van der Waals surface area (Å²) in [6.07, 6.45) is 1.51. The van der Waals surface area contributed by atoms with Crippen molar-refractivity contribution in [3.63, 3.8) is 0 Å². The molecule has 2 aromatic heterocycles. The number of hydrogen-bond acceptors (Lipinski definition) is 4. The monoisotopic (exact) mass is 300 g/mol. The molecule has 0 saturated heterocycles. The highest BCUT2D eigenvalue weighted by Gasteiger charge is 2.09. The molecule has 0 amide bonds. The van der Waals surface area contributed by atoms with Crippen molar-refractivity contribution in [1.29, 1.82) is 0 Å². The van der Waals surface area contributed by atoms with Crippen LogP contribution in [0.25, 0.3) is 10.2 Å². The van der Waals surface area contributed by atoms with Gasteiger partial charge in [-0.25, -0.2) is 9.78 Å². The van der Waals surface area contributed by atoms with Gasteiger partial charge in [0.05, 0.1) is 23.8 Å². The van der Waals surface area contributed by atoms with E-state index in [4.69, 9.17) is 5.11 Å². The van der Waals surface area contributed by atoms with Crippen LogP contribution < -0.4 is 5.56 Å². The number of aromatic carboxylic acids is 1. The van der Waals surface area contributed by atoms with E-state index in [9.17, 15) is 9.59 Å². The molecule has 0 bridgehead atoms. The van der Waals surface area contributed by atoms with E-state index in [0.717, 1.165) is 15.3 Å². The summed E-state index contributed by atoms with van der Waals surface area (Å²) in [5, 5.41) is 9.60. The SMILES string of the molecule is Cc1cc2c(=O)n(Cc3cccc(C(=O)O)c3)cnc2s1. The molecular weight excluding hydrogens is 288 g/mol. The second kappa shape index (κ2) is 5.14. The van der Waals surface area contributed by atoms with Gasteiger partial charge in [0.1, 0.15) is 4.83 Å². The van der Waals surface area contributed by atoms with E-state index in [0.29, 0.717) is 11.9 Å². The summed E-state index contributed by atoms with van der Waals surface area (Å²) in [5.74, 6) is -0.980. The molecule has 0 atom stereocenters. The molecule has 3 aromatic rings. The summed E-state index contributed by atoms with van der Waals surface area (Å²) in [7, 11) is 0. The first-order chi connectivity index (χ1) is 10.0. The first-order valence-electron chi connectivity index (χ1n) is 6.32. The van der Waals surface area contributed by atoms with Crippen LogP contribution in [0, 0.1) is 6.92 Å². The molecule has 0 unspecified atom stereocenters. The Morgan fingerprint density at radius 3 is 2.95 bits per heavy atom. The standard InChI is InChI=1S/C15H12N2O3S/c1-9-5-12-13(21-9)16-8-17(14(12)18)7-10-3-2-4-11(6-10)15(19)20/h2-6,8H,7H2,1H3,(H,19,20). The second-order valence-corrected chi connectivity index (χ2v) is 5.99. The number of carboxylic acid groups (broad SMARTS) is 1. The van der Waals surface area contributed by atoms with Crippen LogP contribution in [0.4, 0.5) is 0 Å². The predicted octanol–water partition coefficient (Wildman–Crippen LogP) is 2.51. The van der Waals surface area contributed by atoms with Crippen molar-refractivity contribution >= 4 is 27.5 Å². The molecule has 0 aliphatic rings. The van der Waals surface area contributed by atoms with Gasteiger partial charge in [-0.05, 0) is 30.7 Å². The van der Waals surface area contributed by atoms with Crippen molar-refractivity contribution in [2.75, 3.05) is 0 Å². The number of aromatic nitrogens is 2. The average molecular weight is 300 g/mol. The lowest BCUT2D eigenvalue weighted by atomic mass is 10.1. The first-order valence-corrected chi connectivity index (χ1v) is 7.14. The maximum absolute atomic E-state index is 12.4. The largest absolute Gasteiger partial charge is 0.478 e. The number of hydrogen-bond donors (Lipinski definition) is 1. The van der Waals surface area contributed by atoms with Gasteiger partial charge in [-0.1, -0.05) is 12.1 Å². The van der Waals surface area contributed by atoms with E-state index >= 15 is 0 Å². The van der Waals surface area contributed by atoms with Gasteiger partial charge in [-0.3, -0.25) is 9.36 Å². The van der Waals surface area contributed by atoms with Crippen molar-refractivity contribution in [1.82, 2.24) is 9.55 Å². The third-order valence-corrected chi connectivity index (χ3v) is 4.13. The van der Waals surface area contributed by atoms with Crippen LogP contribution in [-0.4, -0.2) is 20.6 Å². The molecule has 0 spiro atoms. The molecule has 0 radical (unpaired) electrons. The van der Waals surface area contributed by atoms with Gasteiger partial charge in [-0.2, -0.15) is 0 Å². The molecule has 106 valence electrons. The van der Waals surface area contributed by atoms with Crippen LogP contribution in [0.3, 0.4) is 0 Å². The van der Waals surface area contributed by atoms with Gasteiger partial charge in [0.15, 0.2) is 0 Å². The molecule has 0 fully saturated rings. The zero-order valence-corrected chi connectivity index (χ0v) is 12.1. The maximum Gasteiger partial charge on any atom is 0.335 e. The topological polar surface area (TPSA) is 72.2 Å². The minimum Gasteiger partial charge on any atom is -0.478 e. The van der Waals surface area contributed by atoms with Crippen LogP contribution >= 0.6 is 11.3 Å². The minimum absolute atomic E-state index is 0.106. The van der Waals surface area contributed by atoms with Gasteiger partial charge in [0, 0.05) is 4.88 Å². The summed E-state index contributed by atoms with van der Waals surface area (Å²) in [5.41, 5.74) is 0.858. The third kappa shape index (κ3) is 2.57. The smallest absolute Gasteiger partial charge is 0.335 e. The maximum atomic E-state index is 12.4. The van der Waals surface area contributed by atoms with Crippen LogP contribution in [0.15, 0.2) is 41.5 Å². The summed E-state index contributed by atoms with van der Waals surface area (Å²) in [6.45, 7) is 2.24. The summed E-state index contributed by atoms with van der Waals surface area (Å²) in [6, 6.07) is 8.39.